The van der Waals surface area contributed by atoms with Crippen LogP contribution in [0.1, 0.15) is 56.3 Å². The fraction of sp³-hybridized carbons (Fsp3) is 0.310. The number of carbonyl (C=O) groups is 2. The first-order valence-corrected chi connectivity index (χ1v) is 12.5. The van der Waals surface area contributed by atoms with Crippen molar-refractivity contribution in [1.82, 2.24) is 14.8 Å². The molecule has 2 amide bonds. The fourth-order valence-corrected chi connectivity index (χ4v) is 5.21. The number of aromatic nitrogens is 1. The van der Waals surface area contributed by atoms with Gasteiger partial charge in [0.25, 0.3) is 11.8 Å². The Labute approximate surface area is 222 Å². The highest BCUT2D eigenvalue weighted by atomic mass is 19.4. The molecule has 6 nitrogen and oxygen atoms in total. The molecule has 200 valence electrons. The number of pyridine rings is 1. The summed E-state index contributed by atoms with van der Waals surface area (Å²) in [6.45, 7) is 0.794. The molecule has 3 heterocycles. The van der Waals surface area contributed by atoms with Crippen molar-refractivity contribution in [2.24, 2.45) is 0 Å². The van der Waals surface area contributed by atoms with Gasteiger partial charge in [-0.1, -0.05) is 42.5 Å². The number of hydrogen-bond donors (Lipinski definition) is 0. The lowest BCUT2D eigenvalue weighted by atomic mass is 9.74. The van der Waals surface area contributed by atoms with Gasteiger partial charge in [-0.15, -0.1) is 0 Å². The summed E-state index contributed by atoms with van der Waals surface area (Å²) < 4.78 is 54.5. The number of halogens is 4. The van der Waals surface area contributed by atoms with Gasteiger partial charge in [0.05, 0.1) is 22.6 Å². The van der Waals surface area contributed by atoms with E-state index < -0.39 is 40.3 Å². The summed E-state index contributed by atoms with van der Waals surface area (Å²) in [6, 6.07) is 18.3. The van der Waals surface area contributed by atoms with E-state index in [-0.39, 0.29) is 37.8 Å². The second-order valence-corrected chi connectivity index (χ2v) is 9.92. The number of piperidine rings is 1. The zero-order valence-electron chi connectivity index (χ0n) is 20.8. The van der Waals surface area contributed by atoms with Crippen molar-refractivity contribution >= 4 is 11.8 Å². The smallest absolute Gasteiger partial charge is 0.337 e. The van der Waals surface area contributed by atoms with Crippen LogP contribution in [0.25, 0.3) is 0 Å². The maximum absolute atomic E-state index is 13.8. The number of carbonyl (C=O) groups excluding carboxylic acids is 2. The first-order valence-electron chi connectivity index (χ1n) is 12.5. The predicted octanol–water partition coefficient (Wildman–Crippen LogP) is 5.18. The quantitative estimate of drug-likeness (QED) is 0.431. The summed E-state index contributed by atoms with van der Waals surface area (Å²) >= 11 is 0. The minimum atomic E-state index is -4.84. The highest BCUT2D eigenvalue weighted by molar-refractivity contribution is 6.00. The Balaban J connectivity index is 1.33. The summed E-state index contributed by atoms with van der Waals surface area (Å²) in [6.07, 6.45) is -3.58. The van der Waals surface area contributed by atoms with Crippen LogP contribution in [0.4, 0.5) is 17.6 Å². The molecule has 2 fully saturated rings. The van der Waals surface area contributed by atoms with E-state index in [1.54, 1.807) is 12.1 Å². The number of likely N-dealkylation sites (tertiary alicyclic amines) is 2. The van der Waals surface area contributed by atoms with Crippen LogP contribution < -0.4 is 0 Å². The molecule has 2 aliphatic heterocycles. The Morgan fingerprint density at radius 1 is 0.949 bits per heavy atom. The number of nitriles is 1. The van der Waals surface area contributed by atoms with Crippen LogP contribution in [0.3, 0.4) is 0 Å². The molecule has 0 N–H and O–H groups in total. The van der Waals surface area contributed by atoms with E-state index in [4.69, 9.17) is 0 Å². The second kappa shape index (κ2) is 10.1. The first-order chi connectivity index (χ1) is 18.6. The van der Waals surface area contributed by atoms with Gasteiger partial charge in [0.15, 0.2) is 0 Å². The molecular formula is C29H24F4N4O2. The molecule has 0 atom stereocenters. The van der Waals surface area contributed by atoms with E-state index in [0.717, 1.165) is 17.2 Å². The molecule has 3 aromatic rings. The van der Waals surface area contributed by atoms with Gasteiger partial charge < -0.3 is 9.80 Å². The second-order valence-electron chi connectivity index (χ2n) is 9.92. The van der Waals surface area contributed by atoms with Crippen LogP contribution >= 0.6 is 0 Å². The molecule has 5 rings (SSSR count). The van der Waals surface area contributed by atoms with Crippen molar-refractivity contribution in [2.45, 2.75) is 30.4 Å². The molecule has 0 spiro atoms. The third-order valence-electron chi connectivity index (χ3n) is 7.61. The van der Waals surface area contributed by atoms with Gasteiger partial charge in [-0.3, -0.25) is 14.6 Å². The molecular weight excluding hydrogens is 512 g/mol. The van der Waals surface area contributed by atoms with Gasteiger partial charge in [0.1, 0.15) is 11.5 Å². The standard InChI is InChI=1S/C29H24F4N4O2/c30-22-8-6-19(7-9-22)20-16-37(17-20)26(38)23-14-25(35-15-24(23)29(31,32)33)27(39)36-12-10-28(18-34,11-13-36)21-4-2-1-3-5-21/h1-9,14-15,20H,10-13,16-17H2. The van der Waals surface area contributed by atoms with Crippen molar-refractivity contribution in [3.63, 3.8) is 0 Å². The van der Waals surface area contributed by atoms with E-state index in [9.17, 15) is 32.4 Å². The number of alkyl halides is 3. The fourth-order valence-electron chi connectivity index (χ4n) is 5.21. The molecule has 2 aliphatic rings. The minimum absolute atomic E-state index is 0.120. The summed E-state index contributed by atoms with van der Waals surface area (Å²) in [5.74, 6) is -1.96. The van der Waals surface area contributed by atoms with Gasteiger partial charge in [-0.05, 0) is 42.2 Å². The van der Waals surface area contributed by atoms with Crippen LogP contribution in [-0.2, 0) is 11.6 Å². The molecule has 0 saturated carbocycles. The summed E-state index contributed by atoms with van der Waals surface area (Å²) in [4.78, 5) is 32.9. The summed E-state index contributed by atoms with van der Waals surface area (Å²) in [7, 11) is 0. The molecule has 2 saturated heterocycles. The topological polar surface area (TPSA) is 77.3 Å². The van der Waals surface area contributed by atoms with Crippen LogP contribution in [0, 0.1) is 17.1 Å². The van der Waals surface area contributed by atoms with Crippen molar-refractivity contribution < 1.29 is 27.2 Å². The van der Waals surface area contributed by atoms with Crippen LogP contribution in [0.2, 0.25) is 0 Å². The van der Waals surface area contributed by atoms with Gasteiger partial charge >= 0.3 is 6.18 Å². The predicted molar refractivity (Wildman–Crippen MR) is 133 cm³/mol. The van der Waals surface area contributed by atoms with Crippen LogP contribution in [-0.4, -0.2) is 52.8 Å². The molecule has 1 aromatic heterocycles. The van der Waals surface area contributed by atoms with Crippen molar-refractivity contribution in [1.29, 1.82) is 5.26 Å². The maximum atomic E-state index is 13.8. The van der Waals surface area contributed by atoms with Crippen molar-refractivity contribution in [3.05, 3.63) is 101 Å². The maximum Gasteiger partial charge on any atom is 0.418 e. The van der Waals surface area contributed by atoms with Crippen molar-refractivity contribution in [3.8, 4) is 6.07 Å². The number of benzene rings is 2. The summed E-state index contributed by atoms with van der Waals surface area (Å²) in [5, 5.41) is 9.89. The van der Waals surface area contributed by atoms with E-state index in [0.29, 0.717) is 19.0 Å². The number of amides is 2. The average Bonchev–Trinajstić information content (AvgIpc) is 2.92. The third kappa shape index (κ3) is 5.09. The lowest BCUT2D eigenvalue weighted by molar-refractivity contribution is -0.138. The van der Waals surface area contributed by atoms with Gasteiger partial charge in [-0.2, -0.15) is 18.4 Å². The van der Waals surface area contributed by atoms with Crippen molar-refractivity contribution in [2.75, 3.05) is 26.2 Å². The molecule has 10 heteroatoms. The Morgan fingerprint density at radius 2 is 1.59 bits per heavy atom. The molecule has 0 aliphatic carbocycles. The monoisotopic (exact) mass is 536 g/mol. The van der Waals surface area contributed by atoms with E-state index in [2.05, 4.69) is 11.1 Å². The number of nitrogens with zero attached hydrogens (tertiary/aromatic N) is 4. The van der Waals surface area contributed by atoms with E-state index in [1.165, 1.54) is 21.9 Å². The Hall–Kier alpha value is -4.26. The lowest BCUT2D eigenvalue weighted by Crippen LogP contribution is -2.49. The Morgan fingerprint density at radius 3 is 2.18 bits per heavy atom. The van der Waals surface area contributed by atoms with Gasteiger partial charge in [-0.25, -0.2) is 4.39 Å². The highest BCUT2D eigenvalue weighted by Gasteiger charge is 2.41. The molecule has 2 aromatic carbocycles. The van der Waals surface area contributed by atoms with Crippen LogP contribution in [0.5, 0.6) is 0 Å². The molecule has 39 heavy (non-hydrogen) atoms. The summed E-state index contributed by atoms with van der Waals surface area (Å²) in [5.41, 5.74) is -1.21. The zero-order chi connectivity index (χ0) is 27.8. The highest BCUT2D eigenvalue weighted by Crippen LogP contribution is 2.37. The molecule has 0 radical (unpaired) electrons. The SMILES string of the molecule is N#CC1(c2ccccc2)CCN(C(=O)c2cc(C(=O)N3CC(c4ccc(F)cc4)C3)c(C(F)(F)F)cn2)CC1. The Kier molecular flexibility index (Phi) is 6.85. The van der Waals surface area contributed by atoms with Gasteiger partial charge in [0.2, 0.25) is 0 Å². The Bertz CT molecular complexity index is 1420. The molecule has 0 unspecified atom stereocenters. The van der Waals surface area contributed by atoms with E-state index >= 15 is 0 Å². The van der Waals surface area contributed by atoms with Gasteiger partial charge in [0, 0.05) is 38.3 Å². The largest absolute Gasteiger partial charge is 0.418 e. The van der Waals surface area contributed by atoms with E-state index in [1.807, 2.05) is 30.3 Å². The first kappa shape index (κ1) is 26.4. The zero-order valence-corrected chi connectivity index (χ0v) is 20.8. The minimum Gasteiger partial charge on any atom is -0.337 e. The van der Waals surface area contributed by atoms with Crippen LogP contribution in [0.15, 0.2) is 66.9 Å². The molecule has 0 bridgehead atoms. The third-order valence-corrected chi connectivity index (χ3v) is 7.61. The number of rotatable bonds is 4. The number of hydrogen-bond acceptors (Lipinski definition) is 4. The average molecular weight is 537 g/mol. The lowest BCUT2D eigenvalue weighted by Gasteiger charge is -2.40. The normalized spacial score (nSPS) is 17.3.